The van der Waals surface area contributed by atoms with Gasteiger partial charge in [-0.05, 0) is 18.6 Å². The predicted octanol–water partition coefficient (Wildman–Crippen LogP) is 1.84. The van der Waals surface area contributed by atoms with Crippen LogP contribution in [0.2, 0.25) is 0 Å². The van der Waals surface area contributed by atoms with Crippen LogP contribution in [0.3, 0.4) is 0 Å². The molecule has 0 spiro atoms. The summed E-state index contributed by atoms with van der Waals surface area (Å²) in [6.45, 7) is 1.88. The number of rotatable bonds is 3. The maximum Gasteiger partial charge on any atom is 0.337 e. The van der Waals surface area contributed by atoms with Crippen molar-refractivity contribution >= 4 is 5.97 Å². The minimum atomic E-state index is -0.435. The van der Waals surface area contributed by atoms with Crippen molar-refractivity contribution in [2.24, 2.45) is 5.73 Å². The summed E-state index contributed by atoms with van der Waals surface area (Å²) in [5, 5.41) is 0. The topological polar surface area (TPSA) is 52.3 Å². The Morgan fingerprint density at radius 2 is 2.07 bits per heavy atom. The molecular formula is C11H13NO2. The molecule has 0 bridgehead atoms. The summed E-state index contributed by atoms with van der Waals surface area (Å²) >= 11 is 0. The Labute approximate surface area is 83.2 Å². The van der Waals surface area contributed by atoms with Crippen LogP contribution in [0.4, 0.5) is 0 Å². The Morgan fingerprint density at radius 1 is 1.43 bits per heavy atom. The van der Waals surface area contributed by atoms with E-state index >= 15 is 0 Å². The molecule has 0 saturated heterocycles. The van der Waals surface area contributed by atoms with Gasteiger partial charge in [0.25, 0.3) is 0 Å². The molecule has 0 saturated carbocycles. The van der Waals surface area contributed by atoms with Crippen molar-refractivity contribution in [1.29, 1.82) is 0 Å². The van der Waals surface area contributed by atoms with Gasteiger partial charge in [-0.2, -0.15) is 0 Å². The average molecular weight is 191 g/mol. The molecule has 1 aromatic rings. The Bertz CT molecular complexity index is 330. The molecule has 0 atom stereocenters. The molecule has 0 aliphatic carbocycles. The van der Waals surface area contributed by atoms with Crippen LogP contribution in [0.15, 0.2) is 42.1 Å². The average Bonchev–Trinajstić information content (AvgIpc) is 2.19. The maximum absolute atomic E-state index is 11.2. The van der Waals surface area contributed by atoms with Crippen LogP contribution in [-0.2, 0) is 4.79 Å². The van der Waals surface area contributed by atoms with E-state index in [4.69, 9.17) is 10.5 Å². The molecule has 0 aromatic heterocycles. The summed E-state index contributed by atoms with van der Waals surface area (Å²) in [6, 6.07) is 8.89. The van der Waals surface area contributed by atoms with Crippen LogP contribution >= 0.6 is 0 Å². The fourth-order valence-electron chi connectivity index (χ4n) is 0.888. The lowest BCUT2D eigenvalue weighted by Crippen LogP contribution is -2.07. The lowest BCUT2D eigenvalue weighted by Gasteiger charge is -2.00. The van der Waals surface area contributed by atoms with Crippen LogP contribution in [0.25, 0.3) is 0 Å². The first-order chi connectivity index (χ1) is 6.72. The van der Waals surface area contributed by atoms with Crippen LogP contribution < -0.4 is 10.5 Å². The molecule has 0 aliphatic heterocycles. The van der Waals surface area contributed by atoms with E-state index < -0.39 is 5.97 Å². The summed E-state index contributed by atoms with van der Waals surface area (Å²) in [5.74, 6) is 0.0909. The number of carbonyl (C=O) groups excluding carboxylic acids is 1. The lowest BCUT2D eigenvalue weighted by molar-refractivity contribution is -0.129. The first kappa shape index (κ1) is 10.3. The highest BCUT2D eigenvalue weighted by Crippen LogP contribution is 2.08. The smallest absolute Gasteiger partial charge is 0.337 e. The Morgan fingerprint density at radius 3 is 2.64 bits per heavy atom. The normalized spacial score (nSPS) is 11.1. The van der Waals surface area contributed by atoms with Crippen molar-refractivity contribution in [1.82, 2.24) is 0 Å². The molecule has 0 unspecified atom stereocenters. The third kappa shape index (κ3) is 3.31. The van der Waals surface area contributed by atoms with Gasteiger partial charge in [0.1, 0.15) is 5.75 Å². The van der Waals surface area contributed by atoms with Crippen molar-refractivity contribution < 1.29 is 9.53 Å². The highest BCUT2D eigenvalue weighted by Gasteiger charge is 2.00. The zero-order valence-electron chi connectivity index (χ0n) is 8.07. The number of nitrogens with two attached hydrogens (primary N) is 1. The molecule has 0 amide bonds. The molecule has 14 heavy (non-hydrogen) atoms. The molecule has 1 aromatic carbocycles. The first-order valence-electron chi connectivity index (χ1n) is 4.45. The molecule has 0 radical (unpaired) electrons. The first-order valence-corrected chi connectivity index (χ1v) is 4.45. The van der Waals surface area contributed by atoms with Crippen molar-refractivity contribution in [3.05, 3.63) is 42.1 Å². The Balaban J connectivity index is 2.58. The second-order valence-corrected chi connectivity index (χ2v) is 2.81. The van der Waals surface area contributed by atoms with Gasteiger partial charge in [0, 0.05) is 11.8 Å². The Kier molecular flexibility index (Phi) is 3.73. The van der Waals surface area contributed by atoms with Gasteiger partial charge in [0.15, 0.2) is 0 Å². The molecule has 3 nitrogen and oxygen atoms in total. The predicted molar refractivity (Wildman–Crippen MR) is 54.6 cm³/mol. The summed E-state index contributed by atoms with van der Waals surface area (Å²) in [7, 11) is 0. The second-order valence-electron chi connectivity index (χ2n) is 2.81. The third-order valence-corrected chi connectivity index (χ3v) is 1.67. The van der Waals surface area contributed by atoms with Gasteiger partial charge in [-0.3, -0.25) is 0 Å². The SMILES string of the molecule is CC/C(N)=C\C(=O)Oc1ccccc1. The summed E-state index contributed by atoms with van der Waals surface area (Å²) in [6.07, 6.45) is 1.94. The van der Waals surface area contributed by atoms with Gasteiger partial charge in [-0.1, -0.05) is 25.1 Å². The number of ether oxygens (including phenoxy) is 1. The minimum Gasteiger partial charge on any atom is -0.423 e. The molecule has 0 heterocycles. The van der Waals surface area contributed by atoms with Crippen LogP contribution in [0.5, 0.6) is 5.75 Å². The lowest BCUT2D eigenvalue weighted by atomic mass is 10.3. The van der Waals surface area contributed by atoms with Gasteiger partial charge in [0.05, 0.1) is 0 Å². The number of benzene rings is 1. The van der Waals surface area contributed by atoms with Crippen LogP contribution in [0, 0.1) is 0 Å². The number of hydrogen-bond donors (Lipinski definition) is 1. The highest BCUT2D eigenvalue weighted by atomic mass is 16.5. The van der Waals surface area contributed by atoms with Crippen molar-refractivity contribution in [2.45, 2.75) is 13.3 Å². The van der Waals surface area contributed by atoms with Crippen molar-refractivity contribution in [2.75, 3.05) is 0 Å². The van der Waals surface area contributed by atoms with Gasteiger partial charge >= 0.3 is 5.97 Å². The zero-order valence-corrected chi connectivity index (χ0v) is 8.07. The molecule has 0 fully saturated rings. The number of carbonyl (C=O) groups is 1. The Hall–Kier alpha value is -1.77. The highest BCUT2D eigenvalue weighted by molar-refractivity contribution is 5.84. The van der Waals surface area contributed by atoms with Crippen LogP contribution in [-0.4, -0.2) is 5.97 Å². The van der Waals surface area contributed by atoms with E-state index in [2.05, 4.69) is 0 Å². The number of hydrogen-bond acceptors (Lipinski definition) is 3. The van der Waals surface area contributed by atoms with E-state index in [9.17, 15) is 4.79 Å². The molecule has 74 valence electrons. The summed E-state index contributed by atoms with van der Waals surface area (Å²) in [5.41, 5.74) is 6.01. The van der Waals surface area contributed by atoms with E-state index in [0.717, 1.165) is 0 Å². The standard InChI is InChI=1S/C11H13NO2/c1-2-9(12)8-11(13)14-10-6-4-3-5-7-10/h3-8H,2,12H2,1H3/b9-8+. The zero-order chi connectivity index (χ0) is 10.4. The van der Waals surface area contributed by atoms with Crippen molar-refractivity contribution in [3.63, 3.8) is 0 Å². The fraction of sp³-hybridized carbons (Fsp3) is 0.182. The number of para-hydroxylation sites is 1. The second kappa shape index (κ2) is 5.07. The summed E-state index contributed by atoms with van der Waals surface area (Å²) in [4.78, 5) is 11.2. The number of allylic oxidation sites excluding steroid dienone is 1. The third-order valence-electron chi connectivity index (χ3n) is 1.67. The van der Waals surface area contributed by atoms with Gasteiger partial charge < -0.3 is 10.5 Å². The van der Waals surface area contributed by atoms with E-state index in [1.165, 1.54) is 6.08 Å². The van der Waals surface area contributed by atoms with Gasteiger partial charge in [0.2, 0.25) is 0 Å². The monoisotopic (exact) mass is 191 g/mol. The quantitative estimate of drug-likeness (QED) is 0.450. The number of esters is 1. The molecule has 0 aliphatic rings. The molecular weight excluding hydrogens is 178 g/mol. The minimum absolute atomic E-state index is 0.435. The fourth-order valence-corrected chi connectivity index (χ4v) is 0.888. The van der Waals surface area contributed by atoms with E-state index in [1.807, 2.05) is 13.0 Å². The molecule has 2 N–H and O–H groups in total. The van der Waals surface area contributed by atoms with E-state index in [0.29, 0.717) is 17.9 Å². The maximum atomic E-state index is 11.2. The van der Waals surface area contributed by atoms with Crippen molar-refractivity contribution in [3.8, 4) is 5.75 Å². The molecule has 1 rings (SSSR count). The summed E-state index contributed by atoms with van der Waals surface area (Å²) < 4.78 is 4.99. The van der Waals surface area contributed by atoms with Gasteiger partial charge in [-0.15, -0.1) is 0 Å². The molecule has 3 heteroatoms. The van der Waals surface area contributed by atoms with Crippen LogP contribution in [0.1, 0.15) is 13.3 Å². The van der Waals surface area contributed by atoms with E-state index in [1.54, 1.807) is 24.3 Å². The van der Waals surface area contributed by atoms with Gasteiger partial charge in [-0.25, -0.2) is 4.79 Å². The largest absolute Gasteiger partial charge is 0.423 e. The van der Waals surface area contributed by atoms with E-state index in [-0.39, 0.29) is 0 Å².